The molecule has 1 fully saturated rings. The van der Waals surface area contributed by atoms with Gasteiger partial charge in [0.1, 0.15) is 0 Å². The highest BCUT2D eigenvalue weighted by molar-refractivity contribution is 7.89. The number of aromatic nitrogens is 1. The van der Waals surface area contributed by atoms with Crippen molar-refractivity contribution in [2.24, 2.45) is 5.10 Å². The van der Waals surface area contributed by atoms with Crippen LogP contribution in [0.4, 0.5) is 0 Å². The standard InChI is InChI=1S/C21H26N4O3S/c1-17-10-12-20(13-11-17)29(27,28)25(19-8-3-2-4-9-19)16-21(26)24-23-15-18-7-5-6-14-22-18/h5-7,10-15,19H,2-4,8-9,16H2,1H3,(H,24,26)/b23-15+. The zero-order valence-electron chi connectivity index (χ0n) is 16.5. The second-order valence-electron chi connectivity index (χ2n) is 7.20. The molecule has 0 radical (unpaired) electrons. The topological polar surface area (TPSA) is 91.7 Å². The molecule has 0 bridgehead atoms. The molecule has 1 saturated carbocycles. The van der Waals surface area contributed by atoms with Gasteiger partial charge in [0.15, 0.2) is 0 Å². The lowest BCUT2D eigenvalue weighted by molar-refractivity contribution is -0.121. The molecular formula is C21H26N4O3S. The van der Waals surface area contributed by atoms with E-state index in [1.165, 1.54) is 10.5 Å². The number of hydrogen-bond donors (Lipinski definition) is 1. The molecule has 0 spiro atoms. The number of amides is 1. The number of aryl methyl sites for hydroxylation is 1. The van der Waals surface area contributed by atoms with Crippen LogP contribution in [0, 0.1) is 6.92 Å². The first-order valence-corrected chi connectivity index (χ1v) is 11.2. The van der Waals surface area contributed by atoms with E-state index in [1.807, 2.05) is 13.0 Å². The van der Waals surface area contributed by atoms with Gasteiger partial charge in [-0.2, -0.15) is 9.41 Å². The normalized spacial score (nSPS) is 15.7. The lowest BCUT2D eigenvalue weighted by atomic mass is 9.95. The molecule has 1 N–H and O–H groups in total. The Balaban J connectivity index is 1.75. The predicted molar refractivity (Wildman–Crippen MR) is 112 cm³/mol. The Labute approximate surface area is 171 Å². The van der Waals surface area contributed by atoms with Gasteiger partial charge in [-0.05, 0) is 44.0 Å². The van der Waals surface area contributed by atoms with Crippen LogP contribution < -0.4 is 5.43 Å². The summed E-state index contributed by atoms with van der Waals surface area (Å²) < 4.78 is 27.9. The lowest BCUT2D eigenvalue weighted by Crippen LogP contribution is -2.46. The number of nitrogens with one attached hydrogen (secondary N) is 1. The first-order valence-electron chi connectivity index (χ1n) is 9.78. The Morgan fingerprint density at radius 1 is 1.17 bits per heavy atom. The number of sulfonamides is 1. The van der Waals surface area contributed by atoms with Crippen LogP contribution in [0.3, 0.4) is 0 Å². The second-order valence-corrected chi connectivity index (χ2v) is 9.09. The van der Waals surface area contributed by atoms with Gasteiger partial charge in [-0.3, -0.25) is 9.78 Å². The van der Waals surface area contributed by atoms with E-state index in [0.29, 0.717) is 5.69 Å². The van der Waals surface area contributed by atoms with Gasteiger partial charge in [-0.1, -0.05) is 43.0 Å². The monoisotopic (exact) mass is 414 g/mol. The van der Waals surface area contributed by atoms with E-state index in [-0.39, 0.29) is 17.5 Å². The predicted octanol–water partition coefficient (Wildman–Crippen LogP) is 2.86. The average Bonchev–Trinajstić information content (AvgIpc) is 2.73. The number of pyridine rings is 1. The summed E-state index contributed by atoms with van der Waals surface area (Å²) in [5.74, 6) is -0.474. The van der Waals surface area contributed by atoms with E-state index in [4.69, 9.17) is 0 Å². The molecule has 1 heterocycles. The Hall–Kier alpha value is -2.58. The Morgan fingerprint density at radius 2 is 1.90 bits per heavy atom. The smallest absolute Gasteiger partial charge is 0.255 e. The number of nitrogens with zero attached hydrogens (tertiary/aromatic N) is 3. The minimum atomic E-state index is -3.78. The summed E-state index contributed by atoms with van der Waals surface area (Å²) in [6.45, 7) is 1.64. The maximum Gasteiger partial charge on any atom is 0.255 e. The van der Waals surface area contributed by atoms with Crippen molar-refractivity contribution in [3.05, 3.63) is 59.9 Å². The van der Waals surface area contributed by atoms with Gasteiger partial charge in [0.25, 0.3) is 5.91 Å². The Morgan fingerprint density at radius 3 is 2.55 bits per heavy atom. The third-order valence-corrected chi connectivity index (χ3v) is 6.90. The minimum absolute atomic E-state index is 0.180. The van der Waals surface area contributed by atoms with E-state index in [1.54, 1.807) is 42.6 Å². The van der Waals surface area contributed by atoms with Crippen molar-refractivity contribution in [2.45, 2.75) is 50.0 Å². The van der Waals surface area contributed by atoms with Crippen LogP contribution in [0.5, 0.6) is 0 Å². The average molecular weight is 415 g/mol. The highest BCUT2D eigenvalue weighted by Crippen LogP contribution is 2.27. The van der Waals surface area contributed by atoms with Gasteiger partial charge in [0.2, 0.25) is 10.0 Å². The zero-order chi connectivity index (χ0) is 20.7. The summed E-state index contributed by atoms with van der Waals surface area (Å²) in [6.07, 6.45) is 7.59. The highest BCUT2D eigenvalue weighted by atomic mass is 32.2. The van der Waals surface area contributed by atoms with Crippen LogP contribution >= 0.6 is 0 Å². The molecule has 2 aromatic rings. The third kappa shape index (κ3) is 5.71. The highest BCUT2D eigenvalue weighted by Gasteiger charge is 2.33. The third-order valence-electron chi connectivity index (χ3n) is 4.98. The van der Waals surface area contributed by atoms with Crippen molar-refractivity contribution < 1.29 is 13.2 Å². The summed E-state index contributed by atoms with van der Waals surface area (Å²) in [6, 6.07) is 11.9. The fourth-order valence-corrected chi connectivity index (χ4v) is 5.07. The zero-order valence-corrected chi connectivity index (χ0v) is 17.3. The SMILES string of the molecule is Cc1ccc(S(=O)(=O)N(CC(=O)N/N=C/c2ccccn2)C2CCCCC2)cc1. The van der Waals surface area contributed by atoms with Crippen molar-refractivity contribution in [1.29, 1.82) is 0 Å². The van der Waals surface area contributed by atoms with Crippen LogP contribution in [-0.4, -0.2) is 42.4 Å². The largest absolute Gasteiger partial charge is 0.272 e. The van der Waals surface area contributed by atoms with Gasteiger partial charge in [0, 0.05) is 12.2 Å². The van der Waals surface area contributed by atoms with Crippen LogP contribution in [0.2, 0.25) is 0 Å². The Kier molecular flexibility index (Phi) is 7.11. The lowest BCUT2D eigenvalue weighted by Gasteiger charge is -2.32. The van der Waals surface area contributed by atoms with Crippen LogP contribution in [-0.2, 0) is 14.8 Å². The van der Waals surface area contributed by atoms with Crippen LogP contribution in [0.15, 0.2) is 58.7 Å². The second kappa shape index (κ2) is 9.76. The van der Waals surface area contributed by atoms with Gasteiger partial charge in [-0.25, -0.2) is 13.8 Å². The number of carbonyl (C=O) groups excluding carboxylic acids is 1. The van der Waals surface area contributed by atoms with Gasteiger partial charge in [-0.15, -0.1) is 0 Å². The fourth-order valence-electron chi connectivity index (χ4n) is 3.42. The number of hydrazone groups is 1. The molecule has 1 aliphatic rings. The van der Waals surface area contributed by atoms with Crippen molar-refractivity contribution >= 4 is 22.1 Å². The van der Waals surface area contributed by atoms with E-state index < -0.39 is 15.9 Å². The molecule has 0 saturated heterocycles. The summed E-state index contributed by atoms with van der Waals surface area (Å²) in [5.41, 5.74) is 4.00. The van der Waals surface area contributed by atoms with Crippen LogP contribution in [0.1, 0.15) is 43.4 Å². The summed E-state index contributed by atoms with van der Waals surface area (Å²) >= 11 is 0. The maximum atomic E-state index is 13.3. The van der Waals surface area contributed by atoms with E-state index >= 15 is 0 Å². The quantitative estimate of drug-likeness (QED) is 0.557. The first-order chi connectivity index (χ1) is 14.0. The van der Waals surface area contributed by atoms with Gasteiger partial charge < -0.3 is 0 Å². The molecule has 1 aromatic carbocycles. The molecule has 0 aliphatic heterocycles. The summed E-state index contributed by atoms with van der Waals surface area (Å²) in [7, 11) is -3.78. The van der Waals surface area contributed by atoms with Crippen LogP contribution in [0.25, 0.3) is 0 Å². The molecule has 0 unspecified atom stereocenters. The van der Waals surface area contributed by atoms with Crippen molar-refractivity contribution in [1.82, 2.24) is 14.7 Å². The molecule has 1 aromatic heterocycles. The molecule has 1 aliphatic carbocycles. The number of hydrogen-bond acceptors (Lipinski definition) is 5. The van der Waals surface area contributed by atoms with Crippen molar-refractivity contribution in [2.75, 3.05) is 6.54 Å². The Bertz CT molecular complexity index is 938. The molecule has 0 atom stereocenters. The molecule has 29 heavy (non-hydrogen) atoms. The number of benzene rings is 1. The first kappa shape index (κ1) is 21.1. The molecule has 154 valence electrons. The fraction of sp³-hybridized carbons (Fsp3) is 0.381. The molecular weight excluding hydrogens is 388 g/mol. The van der Waals surface area contributed by atoms with Gasteiger partial charge in [0.05, 0.1) is 23.3 Å². The van der Waals surface area contributed by atoms with Crippen molar-refractivity contribution in [3.8, 4) is 0 Å². The van der Waals surface area contributed by atoms with E-state index in [9.17, 15) is 13.2 Å². The minimum Gasteiger partial charge on any atom is -0.272 e. The molecule has 1 amide bonds. The summed E-state index contributed by atoms with van der Waals surface area (Å²) in [4.78, 5) is 16.8. The van der Waals surface area contributed by atoms with E-state index in [2.05, 4.69) is 15.5 Å². The molecule has 8 heteroatoms. The maximum absolute atomic E-state index is 13.3. The van der Waals surface area contributed by atoms with E-state index in [0.717, 1.165) is 37.7 Å². The van der Waals surface area contributed by atoms with Gasteiger partial charge >= 0.3 is 0 Å². The number of rotatable bonds is 7. The molecule has 7 nitrogen and oxygen atoms in total. The van der Waals surface area contributed by atoms with Crippen molar-refractivity contribution in [3.63, 3.8) is 0 Å². The number of carbonyl (C=O) groups is 1. The molecule has 3 rings (SSSR count). The summed E-state index contributed by atoms with van der Waals surface area (Å²) in [5, 5.41) is 3.90.